The van der Waals surface area contributed by atoms with Gasteiger partial charge in [0, 0.05) is 11.6 Å². The van der Waals surface area contributed by atoms with E-state index in [1.54, 1.807) is 0 Å². The van der Waals surface area contributed by atoms with Crippen LogP contribution >= 0.6 is 0 Å². The third-order valence-electron chi connectivity index (χ3n) is 2.27. The second kappa shape index (κ2) is 3.73. The lowest BCUT2D eigenvalue weighted by atomic mass is 10.2. The Morgan fingerprint density at radius 2 is 2.27 bits per heavy atom. The van der Waals surface area contributed by atoms with E-state index in [1.165, 1.54) is 0 Å². The summed E-state index contributed by atoms with van der Waals surface area (Å²) in [6, 6.07) is 5.60. The maximum Gasteiger partial charge on any atom is 0.211 e. The van der Waals surface area contributed by atoms with Crippen molar-refractivity contribution in [1.29, 1.82) is 0 Å². The number of nitrogens with zero attached hydrogens (tertiary/aromatic N) is 1. The van der Waals surface area contributed by atoms with Gasteiger partial charge in [-0.1, -0.05) is 13.8 Å². The number of rotatable bonds is 3. The van der Waals surface area contributed by atoms with Gasteiger partial charge in [0.05, 0.1) is 11.0 Å². The molecule has 0 atom stereocenters. The van der Waals surface area contributed by atoms with Gasteiger partial charge in [-0.3, -0.25) is 4.79 Å². The van der Waals surface area contributed by atoms with Crippen molar-refractivity contribution in [2.45, 2.75) is 19.8 Å². The molecule has 15 heavy (non-hydrogen) atoms. The number of imidazole rings is 1. The number of H-pyrrole nitrogens is 1. The zero-order valence-electron chi connectivity index (χ0n) is 8.74. The minimum atomic E-state index is 0.375. The molecule has 1 heterocycles. The zero-order valence-corrected chi connectivity index (χ0v) is 8.74. The normalized spacial score (nSPS) is 10.9. The standard InChI is InChI=1S/C11H13N3O/c1-7(2)11-13-9-4-3-8(12-6-15)5-10(9)14-11/h3-7H,1-2H3,(H,12,15)(H,13,14). The Bertz CT molecular complexity index is 488. The Kier molecular flexibility index (Phi) is 2.41. The zero-order chi connectivity index (χ0) is 10.8. The van der Waals surface area contributed by atoms with Crippen LogP contribution in [0.4, 0.5) is 5.69 Å². The average Bonchev–Trinajstić information content (AvgIpc) is 2.61. The first-order valence-electron chi connectivity index (χ1n) is 4.90. The van der Waals surface area contributed by atoms with Crippen LogP contribution in [0, 0.1) is 0 Å². The fourth-order valence-electron chi connectivity index (χ4n) is 1.46. The van der Waals surface area contributed by atoms with Crippen molar-refractivity contribution in [2.75, 3.05) is 5.32 Å². The minimum absolute atomic E-state index is 0.375. The fourth-order valence-corrected chi connectivity index (χ4v) is 1.46. The van der Waals surface area contributed by atoms with E-state index in [0.717, 1.165) is 22.5 Å². The second-order valence-corrected chi connectivity index (χ2v) is 3.77. The number of anilines is 1. The molecule has 0 radical (unpaired) electrons. The molecule has 0 spiro atoms. The van der Waals surface area contributed by atoms with Gasteiger partial charge in [-0.05, 0) is 18.2 Å². The van der Waals surface area contributed by atoms with Crippen molar-refractivity contribution in [1.82, 2.24) is 9.97 Å². The van der Waals surface area contributed by atoms with Crippen molar-refractivity contribution in [3.63, 3.8) is 0 Å². The minimum Gasteiger partial charge on any atom is -0.342 e. The molecule has 4 heteroatoms. The van der Waals surface area contributed by atoms with Gasteiger partial charge in [0.15, 0.2) is 0 Å². The molecule has 0 bridgehead atoms. The highest BCUT2D eigenvalue weighted by atomic mass is 16.1. The quantitative estimate of drug-likeness (QED) is 0.752. The van der Waals surface area contributed by atoms with Crippen LogP contribution in [-0.4, -0.2) is 16.4 Å². The van der Waals surface area contributed by atoms with Crippen LogP contribution in [0.5, 0.6) is 0 Å². The van der Waals surface area contributed by atoms with Gasteiger partial charge < -0.3 is 10.3 Å². The van der Waals surface area contributed by atoms with E-state index in [2.05, 4.69) is 29.1 Å². The van der Waals surface area contributed by atoms with Crippen LogP contribution in [0.15, 0.2) is 18.2 Å². The summed E-state index contributed by atoms with van der Waals surface area (Å²) in [5.41, 5.74) is 2.65. The van der Waals surface area contributed by atoms with Crippen molar-refractivity contribution in [2.24, 2.45) is 0 Å². The molecule has 0 fully saturated rings. The van der Waals surface area contributed by atoms with Gasteiger partial charge >= 0.3 is 0 Å². The lowest BCUT2D eigenvalue weighted by Gasteiger charge is -1.96. The van der Waals surface area contributed by atoms with Crippen LogP contribution < -0.4 is 5.32 Å². The monoisotopic (exact) mass is 203 g/mol. The second-order valence-electron chi connectivity index (χ2n) is 3.77. The lowest BCUT2D eigenvalue weighted by Crippen LogP contribution is -1.92. The van der Waals surface area contributed by atoms with Crippen LogP contribution in [-0.2, 0) is 4.79 Å². The largest absolute Gasteiger partial charge is 0.342 e. The molecule has 0 aliphatic carbocycles. The van der Waals surface area contributed by atoms with E-state index in [-0.39, 0.29) is 0 Å². The molecule has 1 aromatic heterocycles. The van der Waals surface area contributed by atoms with Gasteiger partial charge in [-0.15, -0.1) is 0 Å². The third kappa shape index (κ3) is 1.83. The van der Waals surface area contributed by atoms with Crippen LogP contribution in [0.3, 0.4) is 0 Å². The third-order valence-corrected chi connectivity index (χ3v) is 2.27. The molecular weight excluding hydrogens is 190 g/mol. The van der Waals surface area contributed by atoms with E-state index in [4.69, 9.17) is 0 Å². The molecule has 0 saturated carbocycles. The van der Waals surface area contributed by atoms with Gasteiger partial charge in [0.2, 0.25) is 6.41 Å². The number of nitrogens with one attached hydrogen (secondary N) is 2. The molecule has 0 aliphatic heterocycles. The summed E-state index contributed by atoms with van der Waals surface area (Å²) in [5.74, 6) is 1.34. The number of carbonyl (C=O) groups excluding carboxylic acids is 1. The van der Waals surface area contributed by atoms with Gasteiger partial charge in [0.1, 0.15) is 5.82 Å². The molecule has 0 unspecified atom stereocenters. The van der Waals surface area contributed by atoms with Gasteiger partial charge in [-0.2, -0.15) is 0 Å². The summed E-state index contributed by atoms with van der Waals surface area (Å²) in [7, 11) is 0. The molecule has 0 saturated heterocycles. The summed E-state index contributed by atoms with van der Waals surface area (Å²) in [5, 5.41) is 2.61. The summed E-state index contributed by atoms with van der Waals surface area (Å²) < 4.78 is 0. The number of benzene rings is 1. The smallest absolute Gasteiger partial charge is 0.211 e. The fraction of sp³-hybridized carbons (Fsp3) is 0.273. The molecule has 0 aliphatic rings. The molecule has 2 rings (SSSR count). The Hall–Kier alpha value is -1.84. The van der Waals surface area contributed by atoms with E-state index < -0.39 is 0 Å². The summed E-state index contributed by atoms with van der Waals surface area (Å²) in [4.78, 5) is 18.0. The number of amides is 1. The predicted octanol–water partition coefficient (Wildman–Crippen LogP) is 2.25. The SMILES string of the molecule is CC(C)c1nc2ccc(NC=O)cc2[nH]1. The van der Waals surface area contributed by atoms with Crippen LogP contribution in [0.25, 0.3) is 11.0 Å². The van der Waals surface area contributed by atoms with Crippen LogP contribution in [0.1, 0.15) is 25.6 Å². The molecule has 2 N–H and O–H groups in total. The lowest BCUT2D eigenvalue weighted by molar-refractivity contribution is -0.105. The number of aromatic amines is 1. The van der Waals surface area contributed by atoms with E-state index in [0.29, 0.717) is 12.3 Å². The van der Waals surface area contributed by atoms with E-state index in [1.807, 2.05) is 18.2 Å². The highest BCUT2D eigenvalue weighted by Crippen LogP contribution is 2.20. The topological polar surface area (TPSA) is 57.8 Å². The van der Waals surface area contributed by atoms with Gasteiger partial charge in [-0.25, -0.2) is 4.98 Å². The number of fused-ring (bicyclic) bond motifs is 1. The van der Waals surface area contributed by atoms with Crippen molar-refractivity contribution in [3.05, 3.63) is 24.0 Å². The van der Waals surface area contributed by atoms with E-state index in [9.17, 15) is 4.79 Å². The number of hydrogen-bond acceptors (Lipinski definition) is 2. The van der Waals surface area contributed by atoms with Crippen molar-refractivity contribution >= 4 is 23.1 Å². The molecule has 78 valence electrons. The first-order chi connectivity index (χ1) is 7.20. The first kappa shape index (κ1) is 9.71. The number of hydrogen-bond donors (Lipinski definition) is 2. The Balaban J connectivity index is 2.47. The Morgan fingerprint density at radius 3 is 2.93 bits per heavy atom. The molecular formula is C11H13N3O. The Labute approximate surface area is 87.7 Å². The summed E-state index contributed by atoms with van der Waals surface area (Å²) >= 11 is 0. The summed E-state index contributed by atoms with van der Waals surface area (Å²) in [6.07, 6.45) is 0.668. The van der Waals surface area contributed by atoms with Crippen LogP contribution in [0.2, 0.25) is 0 Å². The maximum atomic E-state index is 10.3. The van der Waals surface area contributed by atoms with Crippen molar-refractivity contribution < 1.29 is 4.79 Å². The first-order valence-corrected chi connectivity index (χ1v) is 4.90. The number of carbonyl (C=O) groups is 1. The molecule has 1 aromatic carbocycles. The highest BCUT2D eigenvalue weighted by Gasteiger charge is 2.06. The highest BCUT2D eigenvalue weighted by molar-refractivity contribution is 5.83. The maximum absolute atomic E-state index is 10.3. The molecule has 2 aromatic rings. The Morgan fingerprint density at radius 1 is 1.47 bits per heavy atom. The average molecular weight is 203 g/mol. The van der Waals surface area contributed by atoms with E-state index >= 15 is 0 Å². The van der Waals surface area contributed by atoms with Crippen molar-refractivity contribution in [3.8, 4) is 0 Å². The predicted molar refractivity (Wildman–Crippen MR) is 59.9 cm³/mol. The van der Waals surface area contributed by atoms with Gasteiger partial charge in [0.25, 0.3) is 0 Å². The molecule has 4 nitrogen and oxygen atoms in total. The number of aromatic nitrogens is 2. The summed E-state index contributed by atoms with van der Waals surface area (Å²) in [6.45, 7) is 4.17. The molecule has 1 amide bonds.